The molecule has 4 heteroatoms. The topological polar surface area (TPSA) is 49.3 Å². The molecule has 2 aliphatic rings. The van der Waals surface area contributed by atoms with E-state index in [1.807, 2.05) is 11.8 Å². The van der Waals surface area contributed by atoms with Crippen LogP contribution in [0.15, 0.2) is 0 Å². The van der Waals surface area contributed by atoms with Crippen LogP contribution in [0.1, 0.15) is 38.5 Å². The summed E-state index contributed by atoms with van der Waals surface area (Å²) in [7, 11) is 0. The summed E-state index contributed by atoms with van der Waals surface area (Å²) >= 11 is 1.88. The molecule has 0 atom stereocenters. The Bertz CT molecular complexity index is 245. The van der Waals surface area contributed by atoms with Gasteiger partial charge in [0.2, 0.25) is 5.91 Å². The molecule has 1 heterocycles. The van der Waals surface area contributed by atoms with Gasteiger partial charge in [-0.3, -0.25) is 4.79 Å². The van der Waals surface area contributed by atoms with E-state index in [2.05, 4.69) is 5.32 Å². The van der Waals surface area contributed by atoms with Crippen molar-refractivity contribution in [3.8, 4) is 0 Å². The molecule has 16 heavy (non-hydrogen) atoms. The number of hydrogen-bond acceptors (Lipinski definition) is 3. The van der Waals surface area contributed by atoms with Crippen molar-refractivity contribution in [2.24, 2.45) is 5.92 Å². The molecular weight excluding hydrogens is 222 g/mol. The fraction of sp³-hybridized carbons (Fsp3) is 0.917. The highest BCUT2D eigenvalue weighted by atomic mass is 32.2. The molecule has 0 radical (unpaired) electrons. The van der Waals surface area contributed by atoms with E-state index in [0.717, 1.165) is 37.2 Å². The third-order valence-electron chi connectivity index (χ3n) is 3.74. The summed E-state index contributed by atoms with van der Waals surface area (Å²) < 4.78 is 0. The van der Waals surface area contributed by atoms with Crippen molar-refractivity contribution in [1.29, 1.82) is 0 Å². The van der Waals surface area contributed by atoms with E-state index in [4.69, 9.17) is 0 Å². The predicted molar refractivity (Wildman–Crippen MR) is 66.5 cm³/mol. The number of rotatable bonds is 3. The van der Waals surface area contributed by atoms with E-state index in [1.165, 1.54) is 12.8 Å². The number of nitrogens with one attached hydrogen (secondary N) is 1. The quantitative estimate of drug-likeness (QED) is 0.790. The van der Waals surface area contributed by atoms with Crippen LogP contribution >= 0.6 is 11.8 Å². The second-order valence-electron chi connectivity index (χ2n) is 5.04. The third-order valence-corrected chi connectivity index (χ3v) is 4.73. The van der Waals surface area contributed by atoms with Crippen LogP contribution in [0.4, 0.5) is 0 Å². The standard InChI is InChI=1S/C12H21NO2S/c14-11(10-3-1-2-4-10)13-9-12(15)5-7-16-8-6-12/h10,15H,1-9H2,(H,13,14). The van der Waals surface area contributed by atoms with E-state index in [9.17, 15) is 9.90 Å². The van der Waals surface area contributed by atoms with Crippen molar-refractivity contribution in [2.75, 3.05) is 18.1 Å². The van der Waals surface area contributed by atoms with Gasteiger partial charge in [-0.05, 0) is 37.2 Å². The average Bonchev–Trinajstić information content (AvgIpc) is 2.80. The summed E-state index contributed by atoms with van der Waals surface area (Å²) in [5.74, 6) is 2.39. The van der Waals surface area contributed by atoms with Gasteiger partial charge in [0.05, 0.1) is 5.60 Å². The minimum absolute atomic E-state index is 0.157. The van der Waals surface area contributed by atoms with Gasteiger partial charge in [0.1, 0.15) is 0 Å². The van der Waals surface area contributed by atoms with E-state index in [-0.39, 0.29) is 11.8 Å². The summed E-state index contributed by atoms with van der Waals surface area (Å²) in [6, 6.07) is 0. The lowest BCUT2D eigenvalue weighted by atomic mass is 9.96. The lowest BCUT2D eigenvalue weighted by Gasteiger charge is -2.32. The van der Waals surface area contributed by atoms with Crippen LogP contribution in [0.5, 0.6) is 0 Å². The second-order valence-corrected chi connectivity index (χ2v) is 6.26. The van der Waals surface area contributed by atoms with Gasteiger partial charge in [-0.15, -0.1) is 0 Å². The van der Waals surface area contributed by atoms with E-state index in [0.29, 0.717) is 6.54 Å². The number of carbonyl (C=O) groups is 1. The first kappa shape index (κ1) is 12.2. The highest BCUT2D eigenvalue weighted by Gasteiger charge is 2.31. The molecule has 1 saturated heterocycles. The molecule has 2 N–H and O–H groups in total. The molecule has 1 aliphatic carbocycles. The third kappa shape index (κ3) is 3.14. The van der Waals surface area contributed by atoms with Crippen molar-refractivity contribution in [3.63, 3.8) is 0 Å². The predicted octanol–water partition coefficient (Wildman–Crippen LogP) is 1.55. The van der Waals surface area contributed by atoms with Crippen LogP contribution < -0.4 is 5.32 Å². The molecule has 0 aromatic carbocycles. The summed E-state index contributed by atoms with van der Waals surface area (Å²) in [5, 5.41) is 13.2. The van der Waals surface area contributed by atoms with Crippen LogP contribution in [0.2, 0.25) is 0 Å². The second kappa shape index (κ2) is 5.41. The molecule has 1 aliphatic heterocycles. The van der Waals surface area contributed by atoms with Gasteiger partial charge in [0.25, 0.3) is 0 Å². The lowest BCUT2D eigenvalue weighted by Crippen LogP contribution is -2.46. The molecule has 1 saturated carbocycles. The number of hydrogen-bond donors (Lipinski definition) is 2. The summed E-state index contributed by atoms with van der Waals surface area (Å²) in [6.07, 6.45) is 6.03. The molecule has 3 nitrogen and oxygen atoms in total. The Morgan fingerprint density at radius 3 is 2.56 bits per heavy atom. The zero-order valence-electron chi connectivity index (χ0n) is 9.71. The maximum absolute atomic E-state index is 11.8. The van der Waals surface area contributed by atoms with Crippen LogP contribution in [0, 0.1) is 5.92 Å². The van der Waals surface area contributed by atoms with Gasteiger partial charge in [-0.2, -0.15) is 11.8 Å². The zero-order chi connectivity index (χ0) is 11.4. The van der Waals surface area contributed by atoms with Gasteiger partial charge in [-0.1, -0.05) is 12.8 Å². The number of aliphatic hydroxyl groups is 1. The monoisotopic (exact) mass is 243 g/mol. The molecule has 0 spiro atoms. The minimum atomic E-state index is -0.639. The Morgan fingerprint density at radius 2 is 1.94 bits per heavy atom. The molecule has 2 rings (SSSR count). The zero-order valence-corrected chi connectivity index (χ0v) is 10.5. The normalized spacial score (nSPS) is 25.6. The number of amides is 1. The first-order valence-corrected chi connectivity index (χ1v) is 7.43. The maximum Gasteiger partial charge on any atom is 0.223 e. The number of thioether (sulfide) groups is 1. The van der Waals surface area contributed by atoms with Gasteiger partial charge < -0.3 is 10.4 Å². The van der Waals surface area contributed by atoms with Crippen molar-refractivity contribution >= 4 is 17.7 Å². The fourth-order valence-corrected chi connectivity index (χ4v) is 3.76. The van der Waals surface area contributed by atoms with Gasteiger partial charge >= 0.3 is 0 Å². The minimum Gasteiger partial charge on any atom is -0.388 e. The lowest BCUT2D eigenvalue weighted by molar-refractivity contribution is -0.126. The molecule has 2 fully saturated rings. The molecule has 0 bridgehead atoms. The highest BCUT2D eigenvalue weighted by molar-refractivity contribution is 7.99. The Hall–Kier alpha value is -0.220. The van der Waals surface area contributed by atoms with Crippen LogP contribution in [-0.4, -0.2) is 34.7 Å². The first-order chi connectivity index (χ1) is 7.70. The van der Waals surface area contributed by atoms with Crippen molar-refractivity contribution in [1.82, 2.24) is 5.32 Å². The molecular formula is C12H21NO2S. The Balaban J connectivity index is 1.75. The first-order valence-electron chi connectivity index (χ1n) is 6.27. The van der Waals surface area contributed by atoms with Crippen LogP contribution in [0.25, 0.3) is 0 Å². The van der Waals surface area contributed by atoms with E-state index < -0.39 is 5.60 Å². The maximum atomic E-state index is 11.8. The SMILES string of the molecule is O=C(NCC1(O)CCSCC1)C1CCCC1. The molecule has 0 aromatic heterocycles. The molecule has 0 unspecified atom stereocenters. The van der Waals surface area contributed by atoms with E-state index >= 15 is 0 Å². The fourth-order valence-electron chi connectivity index (χ4n) is 2.51. The van der Waals surface area contributed by atoms with Crippen LogP contribution in [-0.2, 0) is 4.79 Å². The van der Waals surface area contributed by atoms with E-state index in [1.54, 1.807) is 0 Å². The highest BCUT2D eigenvalue weighted by Crippen LogP contribution is 2.27. The van der Waals surface area contributed by atoms with Crippen LogP contribution in [0.3, 0.4) is 0 Å². The Kier molecular flexibility index (Phi) is 4.14. The Morgan fingerprint density at radius 1 is 1.31 bits per heavy atom. The smallest absolute Gasteiger partial charge is 0.223 e. The van der Waals surface area contributed by atoms with Crippen molar-refractivity contribution in [2.45, 2.75) is 44.1 Å². The molecule has 0 aromatic rings. The largest absolute Gasteiger partial charge is 0.388 e. The summed E-state index contributed by atoms with van der Waals surface area (Å²) in [6.45, 7) is 0.447. The molecule has 92 valence electrons. The van der Waals surface area contributed by atoms with Crippen molar-refractivity contribution in [3.05, 3.63) is 0 Å². The summed E-state index contributed by atoms with van der Waals surface area (Å²) in [4.78, 5) is 11.8. The average molecular weight is 243 g/mol. The van der Waals surface area contributed by atoms with Gasteiger partial charge in [0.15, 0.2) is 0 Å². The van der Waals surface area contributed by atoms with Gasteiger partial charge in [-0.25, -0.2) is 0 Å². The van der Waals surface area contributed by atoms with Crippen molar-refractivity contribution < 1.29 is 9.90 Å². The summed E-state index contributed by atoms with van der Waals surface area (Å²) in [5.41, 5.74) is -0.639. The van der Waals surface area contributed by atoms with Gasteiger partial charge in [0, 0.05) is 12.5 Å². The Labute approximate surface area is 101 Å². The number of carbonyl (C=O) groups excluding carboxylic acids is 1. The molecule has 1 amide bonds.